The van der Waals surface area contributed by atoms with Crippen molar-refractivity contribution in [3.63, 3.8) is 0 Å². The van der Waals surface area contributed by atoms with Crippen LogP contribution in [0, 0.1) is 5.92 Å². The third-order valence-corrected chi connectivity index (χ3v) is 4.86. The minimum absolute atomic E-state index is 0.0306. The number of benzene rings is 1. The van der Waals surface area contributed by atoms with Gasteiger partial charge in [0.2, 0.25) is 0 Å². The number of hydrogen-bond donors (Lipinski definition) is 1. The maximum atomic E-state index is 9.84. The average molecular weight is 336 g/mol. The maximum absolute atomic E-state index is 9.84. The van der Waals surface area contributed by atoms with Gasteiger partial charge in [0.05, 0.1) is 19.3 Å². The van der Waals surface area contributed by atoms with Crippen molar-refractivity contribution in [3.8, 4) is 11.5 Å². The van der Waals surface area contributed by atoms with E-state index in [1.807, 2.05) is 12.1 Å². The molecule has 1 aromatic carbocycles. The zero-order chi connectivity index (χ0) is 17.5. The Balaban J connectivity index is 2.20. The Hall–Kier alpha value is -1.26. The van der Waals surface area contributed by atoms with E-state index in [1.165, 1.54) is 12.8 Å². The second-order valence-corrected chi connectivity index (χ2v) is 6.74. The number of unbranched alkanes of at least 4 members (excludes halogenated alkanes) is 2. The lowest BCUT2D eigenvalue weighted by atomic mass is 9.88. The molecule has 0 radical (unpaired) electrons. The summed E-state index contributed by atoms with van der Waals surface area (Å²) in [6, 6.07) is 5.50. The van der Waals surface area contributed by atoms with Crippen molar-refractivity contribution in [2.24, 2.45) is 5.92 Å². The van der Waals surface area contributed by atoms with Crippen LogP contribution in [0.1, 0.15) is 71.0 Å². The first kappa shape index (κ1) is 19.1. The molecule has 0 saturated carbocycles. The van der Waals surface area contributed by atoms with Gasteiger partial charge in [-0.1, -0.05) is 46.1 Å². The summed E-state index contributed by atoms with van der Waals surface area (Å²) >= 11 is 0. The standard InChI is InChI=1S/C20H32O4/c1-5-7-9-17-14(3)20(24-19(23-17)10-8-6-2)15-11-12-16(21)18(13-15)22-4/h11-14,17,19-21H,5-10H2,1-4H3/t14-,17-,19-,20-/m1/s1. The molecule has 4 nitrogen and oxygen atoms in total. The Labute approximate surface area is 146 Å². The molecule has 24 heavy (non-hydrogen) atoms. The van der Waals surface area contributed by atoms with Crippen LogP contribution in [0.2, 0.25) is 0 Å². The van der Waals surface area contributed by atoms with E-state index in [2.05, 4.69) is 20.8 Å². The van der Waals surface area contributed by atoms with E-state index in [-0.39, 0.29) is 30.2 Å². The van der Waals surface area contributed by atoms with Crippen molar-refractivity contribution >= 4 is 0 Å². The van der Waals surface area contributed by atoms with Crippen LogP contribution in [0.4, 0.5) is 0 Å². The Morgan fingerprint density at radius 2 is 1.79 bits per heavy atom. The van der Waals surface area contributed by atoms with E-state index in [0.29, 0.717) is 5.75 Å². The van der Waals surface area contributed by atoms with E-state index < -0.39 is 0 Å². The van der Waals surface area contributed by atoms with Crippen LogP contribution in [0.25, 0.3) is 0 Å². The molecular formula is C20H32O4. The topological polar surface area (TPSA) is 47.9 Å². The smallest absolute Gasteiger partial charge is 0.160 e. The highest BCUT2D eigenvalue weighted by molar-refractivity contribution is 5.42. The third-order valence-electron chi connectivity index (χ3n) is 4.86. The van der Waals surface area contributed by atoms with Gasteiger partial charge >= 0.3 is 0 Å². The Morgan fingerprint density at radius 3 is 2.46 bits per heavy atom. The molecule has 1 aliphatic heterocycles. The average Bonchev–Trinajstić information content (AvgIpc) is 2.60. The molecule has 1 heterocycles. The molecule has 4 heteroatoms. The van der Waals surface area contributed by atoms with Gasteiger partial charge in [-0.05, 0) is 37.0 Å². The Bertz CT molecular complexity index is 502. The van der Waals surface area contributed by atoms with Gasteiger partial charge in [0.15, 0.2) is 17.8 Å². The minimum Gasteiger partial charge on any atom is -0.504 e. The first-order valence-corrected chi connectivity index (χ1v) is 9.28. The summed E-state index contributed by atoms with van der Waals surface area (Å²) in [4.78, 5) is 0. The van der Waals surface area contributed by atoms with E-state index in [0.717, 1.165) is 31.2 Å². The fraction of sp³-hybridized carbons (Fsp3) is 0.700. The summed E-state index contributed by atoms with van der Waals surface area (Å²) < 4.78 is 17.8. The summed E-state index contributed by atoms with van der Waals surface area (Å²) in [5, 5.41) is 9.84. The van der Waals surface area contributed by atoms with Crippen molar-refractivity contribution in [1.29, 1.82) is 0 Å². The molecule has 4 atom stereocenters. The lowest BCUT2D eigenvalue weighted by Crippen LogP contribution is -2.40. The highest BCUT2D eigenvalue weighted by atomic mass is 16.7. The van der Waals surface area contributed by atoms with E-state index in [1.54, 1.807) is 13.2 Å². The van der Waals surface area contributed by atoms with Gasteiger partial charge in [-0.3, -0.25) is 0 Å². The molecule has 1 N–H and O–H groups in total. The number of ether oxygens (including phenoxy) is 3. The van der Waals surface area contributed by atoms with Crippen LogP contribution >= 0.6 is 0 Å². The second kappa shape index (κ2) is 9.28. The zero-order valence-corrected chi connectivity index (χ0v) is 15.5. The molecule has 1 saturated heterocycles. The molecule has 1 aromatic rings. The highest BCUT2D eigenvalue weighted by Gasteiger charge is 2.37. The minimum atomic E-state index is -0.146. The fourth-order valence-electron chi connectivity index (χ4n) is 3.33. The van der Waals surface area contributed by atoms with Crippen LogP contribution in [-0.2, 0) is 9.47 Å². The molecule has 0 amide bonds. The predicted molar refractivity (Wildman–Crippen MR) is 95.4 cm³/mol. The zero-order valence-electron chi connectivity index (χ0n) is 15.5. The molecule has 136 valence electrons. The normalized spacial score (nSPS) is 27.2. The van der Waals surface area contributed by atoms with Crippen molar-refractivity contribution in [2.45, 2.75) is 77.8 Å². The number of aromatic hydroxyl groups is 1. The summed E-state index contributed by atoms with van der Waals surface area (Å²) in [5.41, 5.74) is 1.04. The first-order valence-electron chi connectivity index (χ1n) is 9.28. The van der Waals surface area contributed by atoms with Crippen LogP contribution < -0.4 is 4.74 Å². The van der Waals surface area contributed by atoms with Crippen molar-refractivity contribution in [2.75, 3.05) is 7.11 Å². The molecule has 1 aliphatic rings. The largest absolute Gasteiger partial charge is 0.504 e. The van der Waals surface area contributed by atoms with E-state index in [9.17, 15) is 5.11 Å². The summed E-state index contributed by atoms with van der Waals surface area (Å²) in [5.74, 6) is 0.916. The summed E-state index contributed by atoms with van der Waals surface area (Å²) in [6.07, 6.45) is 6.61. The van der Waals surface area contributed by atoms with Gasteiger partial charge in [-0.15, -0.1) is 0 Å². The lowest BCUT2D eigenvalue weighted by molar-refractivity contribution is -0.272. The van der Waals surface area contributed by atoms with Gasteiger partial charge in [0.1, 0.15) is 0 Å². The van der Waals surface area contributed by atoms with E-state index >= 15 is 0 Å². The molecule has 0 unspecified atom stereocenters. The van der Waals surface area contributed by atoms with Gasteiger partial charge < -0.3 is 19.3 Å². The van der Waals surface area contributed by atoms with Crippen LogP contribution in [0.5, 0.6) is 11.5 Å². The third kappa shape index (κ3) is 4.64. The van der Waals surface area contributed by atoms with Crippen molar-refractivity contribution in [3.05, 3.63) is 23.8 Å². The van der Waals surface area contributed by atoms with Gasteiger partial charge in [-0.2, -0.15) is 0 Å². The molecule has 2 rings (SSSR count). The maximum Gasteiger partial charge on any atom is 0.160 e. The fourth-order valence-corrected chi connectivity index (χ4v) is 3.33. The van der Waals surface area contributed by atoms with Gasteiger partial charge in [-0.25, -0.2) is 0 Å². The second-order valence-electron chi connectivity index (χ2n) is 6.74. The first-order chi connectivity index (χ1) is 11.6. The van der Waals surface area contributed by atoms with Crippen LogP contribution in [0.15, 0.2) is 18.2 Å². The number of phenolic OH excluding ortho intramolecular Hbond substituents is 1. The molecule has 0 spiro atoms. The molecule has 1 fully saturated rings. The van der Waals surface area contributed by atoms with Crippen molar-refractivity contribution in [1.82, 2.24) is 0 Å². The summed E-state index contributed by atoms with van der Waals surface area (Å²) in [7, 11) is 1.57. The highest BCUT2D eigenvalue weighted by Crippen LogP contribution is 2.41. The van der Waals surface area contributed by atoms with Gasteiger partial charge in [0, 0.05) is 5.92 Å². The molecular weight excluding hydrogens is 304 g/mol. The van der Waals surface area contributed by atoms with E-state index in [4.69, 9.17) is 14.2 Å². The number of hydrogen-bond acceptors (Lipinski definition) is 4. The number of rotatable bonds is 8. The molecule has 0 aliphatic carbocycles. The molecule has 0 bridgehead atoms. The van der Waals surface area contributed by atoms with Gasteiger partial charge in [0.25, 0.3) is 0 Å². The number of methoxy groups -OCH3 is 1. The lowest BCUT2D eigenvalue weighted by Gasteiger charge is -2.41. The molecule has 0 aromatic heterocycles. The van der Waals surface area contributed by atoms with Crippen molar-refractivity contribution < 1.29 is 19.3 Å². The monoisotopic (exact) mass is 336 g/mol. The van der Waals surface area contributed by atoms with Crippen LogP contribution in [0.3, 0.4) is 0 Å². The summed E-state index contributed by atoms with van der Waals surface area (Å²) in [6.45, 7) is 6.59. The predicted octanol–water partition coefficient (Wildman–Crippen LogP) is 5.20. The number of phenols is 1. The Morgan fingerprint density at radius 1 is 1.08 bits per heavy atom. The SMILES string of the molecule is CCCC[C@@H]1O[C@H](CCCC)[C@@H](C)[C@H](c2ccc(O)c(OC)c2)O1. The van der Waals surface area contributed by atoms with Crippen LogP contribution in [-0.4, -0.2) is 24.6 Å². The quantitative estimate of drug-likeness (QED) is 0.709. The Kier molecular flexibility index (Phi) is 7.38.